The number of alkyl halides is 1. The molecular formula is C18H26BrCl. The van der Waals surface area contributed by atoms with Crippen molar-refractivity contribution in [3.05, 3.63) is 34.3 Å². The first kappa shape index (κ1) is 16.4. The van der Waals surface area contributed by atoms with Crippen molar-refractivity contribution in [2.24, 2.45) is 11.8 Å². The van der Waals surface area contributed by atoms with Gasteiger partial charge in [-0.15, -0.1) is 11.6 Å². The Morgan fingerprint density at radius 3 is 2.40 bits per heavy atom. The molecule has 0 radical (unpaired) electrons. The first-order valence-corrected chi connectivity index (χ1v) is 9.30. The van der Waals surface area contributed by atoms with Crippen molar-refractivity contribution in [2.45, 2.75) is 63.7 Å². The molecule has 0 heterocycles. The van der Waals surface area contributed by atoms with Crippen LogP contribution >= 0.6 is 27.5 Å². The van der Waals surface area contributed by atoms with Gasteiger partial charge in [-0.2, -0.15) is 0 Å². The molecule has 0 bridgehead atoms. The average Bonchev–Trinajstić information content (AvgIpc) is 2.48. The van der Waals surface area contributed by atoms with Gasteiger partial charge >= 0.3 is 0 Å². The summed E-state index contributed by atoms with van der Waals surface area (Å²) in [6.07, 6.45) is 10.6. The van der Waals surface area contributed by atoms with E-state index in [1.165, 1.54) is 50.5 Å². The van der Waals surface area contributed by atoms with Crippen LogP contribution in [-0.2, 0) is 6.42 Å². The molecule has 1 aromatic carbocycles. The first-order valence-electron chi connectivity index (χ1n) is 8.07. The van der Waals surface area contributed by atoms with Crippen molar-refractivity contribution >= 4 is 27.5 Å². The third-order valence-corrected chi connectivity index (χ3v) is 5.75. The maximum Gasteiger partial charge on any atom is 0.0404 e. The normalized spacial score (nSPS) is 24.6. The molecule has 1 aliphatic carbocycles. The minimum atomic E-state index is 0.309. The molecule has 2 heteroatoms. The fraction of sp³-hybridized carbons (Fsp3) is 0.667. The number of halogens is 2. The fourth-order valence-corrected chi connectivity index (χ4v) is 4.04. The SMILES string of the molecule is CCCCC1CCC(C(Cl)Cc2ccc(Br)cc2)CC1. The van der Waals surface area contributed by atoms with Gasteiger partial charge in [-0.3, -0.25) is 0 Å². The molecule has 1 aliphatic rings. The predicted octanol–water partition coefficient (Wildman–Crippen LogP) is 6.60. The monoisotopic (exact) mass is 356 g/mol. The van der Waals surface area contributed by atoms with Gasteiger partial charge in [0.15, 0.2) is 0 Å². The Labute approximate surface area is 137 Å². The van der Waals surface area contributed by atoms with E-state index in [2.05, 4.69) is 47.1 Å². The molecule has 20 heavy (non-hydrogen) atoms. The van der Waals surface area contributed by atoms with Gasteiger partial charge in [0.05, 0.1) is 0 Å². The van der Waals surface area contributed by atoms with Crippen LogP contribution in [0.3, 0.4) is 0 Å². The Morgan fingerprint density at radius 2 is 1.80 bits per heavy atom. The van der Waals surface area contributed by atoms with Crippen molar-refractivity contribution in [1.29, 1.82) is 0 Å². The summed E-state index contributed by atoms with van der Waals surface area (Å²) in [5.41, 5.74) is 1.36. The summed E-state index contributed by atoms with van der Waals surface area (Å²) in [5.74, 6) is 1.70. The second-order valence-electron chi connectivity index (χ2n) is 6.27. The summed E-state index contributed by atoms with van der Waals surface area (Å²) in [4.78, 5) is 0. The molecule has 1 fully saturated rings. The van der Waals surface area contributed by atoms with Crippen molar-refractivity contribution in [2.75, 3.05) is 0 Å². The number of hydrogen-bond donors (Lipinski definition) is 0. The molecule has 1 aromatic rings. The van der Waals surface area contributed by atoms with Crippen LogP contribution in [0.4, 0.5) is 0 Å². The fourth-order valence-electron chi connectivity index (χ4n) is 3.34. The van der Waals surface area contributed by atoms with Crippen LogP contribution in [0.15, 0.2) is 28.7 Å². The molecule has 112 valence electrons. The van der Waals surface area contributed by atoms with Crippen molar-refractivity contribution < 1.29 is 0 Å². The molecule has 0 amide bonds. The lowest BCUT2D eigenvalue weighted by Gasteiger charge is -2.31. The van der Waals surface area contributed by atoms with Crippen LogP contribution in [0.25, 0.3) is 0 Å². The van der Waals surface area contributed by atoms with Crippen LogP contribution in [0, 0.1) is 11.8 Å². The third kappa shape index (κ3) is 5.07. The molecule has 0 aliphatic heterocycles. The summed E-state index contributed by atoms with van der Waals surface area (Å²) in [6.45, 7) is 2.29. The van der Waals surface area contributed by atoms with E-state index in [1.807, 2.05) is 0 Å². The van der Waals surface area contributed by atoms with Gasteiger partial charge in [0.2, 0.25) is 0 Å². The Kier molecular flexibility index (Phi) is 6.90. The van der Waals surface area contributed by atoms with E-state index >= 15 is 0 Å². The molecule has 1 atom stereocenters. The number of unbranched alkanes of at least 4 members (excludes halogenated alkanes) is 1. The minimum absolute atomic E-state index is 0.309. The standard InChI is InChI=1S/C18H26BrCl/c1-2-3-4-14-5-9-16(10-6-14)18(20)13-15-7-11-17(19)12-8-15/h7-8,11-12,14,16,18H,2-6,9-10,13H2,1H3. The molecule has 0 N–H and O–H groups in total. The topological polar surface area (TPSA) is 0 Å². The molecule has 1 unspecified atom stereocenters. The zero-order valence-electron chi connectivity index (χ0n) is 12.5. The minimum Gasteiger partial charge on any atom is -0.122 e. The highest BCUT2D eigenvalue weighted by molar-refractivity contribution is 9.10. The van der Waals surface area contributed by atoms with Crippen LogP contribution < -0.4 is 0 Å². The summed E-state index contributed by atoms with van der Waals surface area (Å²) in [5, 5.41) is 0.309. The number of benzene rings is 1. The summed E-state index contributed by atoms with van der Waals surface area (Å²) in [7, 11) is 0. The highest BCUT2D eigenvalue weighted by atomic mass is 79.9. The Balaban J connectivity index is 1.76. The Morgan fingerprint density at radius 1 is 1.15 bits per heavy atom. The second-order valence-corrected chi connectivity index (χ2v) is 7.75. The van der Waals surface area contributed by atoms with Crippen molar-refractivity contribution in [3.63, 3.8) is 0 Å². The zero-order chi connectivity index (χ0) is 14.4. The Hall–Kier alpha value is -0.0100. The summed E-state index contributed by atoms with van der Waals surface area (Å²) < 4.78 is 1.14. The molecule has 0 nitrogen and oxygen atoms in total. The van der Waals surface area contributed by atoms with E-state index in [-0.39, 0.29) is 0 Å². The van der Waals surface area contributed by atoms with Crippen LogP contribution in [0.2, 0.25) is 0 Å². The quantitative estimate of drug-likeness (QED) is 0.503. The van der Waals surface area contributed by atoms with Crippen molar-refractivity contribution in [3.8, 4) is 0 Å². The largest absolute Gasteiger partial charge is 0.122 e. The van der Waals surface area contributed by atoms with E-state index in [1.54, 1.807) is 0 Å². The lowest BCUT2D eigenvalue weighted by atomic mass is 9.77. The lowest BCUT2D eigenvalue weighted by Crippen LogP contribution is -2.23. The maximum absolute atomic E-state index is 6.67. The molecule has 0 spiro atoms. The predicted molar refractivity (Wildman–Crippen MR) is 92.5 cm³/mol. The highest BCUT2D eigenvalue weighted by Gasteiger charge is 2.26. The van der Waals surface area contributed by atoms with E-state index in [4.69, 9.17) is 11.6 Å². The van der Waals surface area contributed by atoms with Gasteiger partial charge in [-0.25, -0.2) is 0 Å². The van der Waals surface area contributed by atoms with E-state index < -0.39 is 0 Å². The average molecular weight is 358 g/mol. The van der Waals surface area contributed by atoms with Crippen molar-refractivity contribution in [1.82, 2.24) is 0 Å². The van der Waals surface area contributed by atoms with Gasteiger partial charge in [0.25, 0.3) is 0 Å². The molecule has 2 rings (SSSR count). The number of rotatable bonds is 6. The van der Waals surface area contributed by atoms with Gasteiger partial charge in [0.1, 0.15) is 0 Å². The molecule has 1 saturated carbocycles. The maximum atomic E-state index is 6.67. The van der Waals surface area contributed by atoms with Gasteiger partial charge in [-0.05, 0) is 48.8 Å². The van der Waals surface area contributed by atoms with E-state index in [9.17, 15) is 0 Å². The first-order chi connectivity index (χ1) is 9.69. The molecule has 0 saturated heterocycles. The van der Waals surface area contributed by atoms with E-state index in [0.29, 0.717) is 5.38 Å². The van der Waals surface area contributed by atoms with Crippen LogP contribution in [0.5, 0.6) is 0 Å². The second kappa shape index (κ2) is 8.44. The van der Waals surface area contributed by atoms with Crippen LogP contribution in [0.1, 0.15) is 57.4 Å². The number of hydrogen-bond acceptors (Lipinski definition) is 0. The summed E-state index contributed by atoms with van der Waals surface area (Å²) in [6, 6.07) is 8.60. The Bertz CT molecular complexity index is 379. The lowest BCUT2D eigenvalue weighted by molar-refractivity contribution is 0.253. The van der Waals surface area contributed by atoms with Gasteiger partial charge in [-0.1, -0.05) is 67.1 Å². The van der Waals surface area contributed by atoms with Gasteiger partial charge < -0.3 is 0 Å². The third-order valence-electron chi connectivity index (χ3n) is 4.71. The van der Waals surface area contributed by atoms with E-state index in [0.717, 1.165) is 22.7 Å². The smallest absolute Gasteiger partial charge is 0.0404 e. The molecule has 0 aromatic heterocycles. The summed E-state index contributed by atoms with van der Waals surface area (Å²) >= 11 is 10.2. The van der Waals surface area contributed by atoms with Gasteiger partial charge in [0, 0.05) is 9.85 Å². The van der Waals surface area contributed by atoms with Crippen LogP contribution in [-0.4, -0.2) is 5.38 Å². The zero-order valence-corrected chi connectivity index (χ0v) is 14.8. The molecular weight excluding hydrogens is 332 g/mol. The highest BCUT2D eigenvalue weighted by Crippen LogP contribution is 2.36.